The zero-order valence-electron chi connectivity index (χ0n) is 10.8. The Morgan fingerprint density at radius 3 is 2.79 bits per heavy atom. The summed E-state index contributed by atoms with van der Waals surface area (Å²) in [7, 11) is 0. The zero-order chi connectivity index (χ0) is 13.1. The summed E-state index contributed by atoms with van der Waals surface area (Å²) in [5.74, 6) is 0. The van der Waals surface area contributed by atoms with Crippen LogP contribution in [0.5, 0.6) is 0 Å². The molecule has 0 spiro atoms. The molecule has 0 bridgehead atoms. The van der Waals surface area contributed by atoms with Gasteiger partial charge in [0.05, 0.1) is 11.4 Å². The van der Waals surface area contributed by atoms with Crippen molar-refractivity contribution in [2.45, 2.75) is 38.1 Å². The summed E-state index contributed by atoms with van der Waals surface area (Å²) in [5, 5.41) is 8.70. The van der Waals surface area contributed by atoms with Crippen LogP contribution in [-0.4, -0.2) is 15.8 Å². The molecule has 0 atom stereocenters. The molecule has 1 aliphatic rings. The molecule has 1 heterocycles. The van der Waals surface area contributed by atoms with Crippen molar-refractivity contribution in [3.8, 4) is 5.69 Å². The lowest BCUT2D eigenvalue weighted by atomic mass is 9.95. The number of hydrogen-bond donors (Lipinski definition) is 1. The van der Waals surface area contributed by atoms with Crippen LogP contribution in [-0.2, 0) is 0 Å². The molecular formula is C15H18ClN3. The van der Waals surface area contributed by atoms with E-state index in [1.165, 1.54) is 32.1 Å². The zero-order valence-corrected chi connectivity index (χ0v) is 11.6. The van der Waals surface area contributed by atoms with Crippen molar-refractivity contribution in [1.82, 2.24) is 9.78 Å². The topological polar surface area (TPSA) is 29.9 Å². The Morgan fingerprint density at radius 1 is 1.21 bits per heavy atom. The van der Waals surface area contributed by atoms with E-state index in [0.29, 0.717) is 6.04 Å². The quantitative estimate of drug-likeness (QED) is 0.906. The minimum absolute atomic E-state index is 0.557. The lowest BCUT2D eigenvalue weighted by Crippen LogP contribution is -2.23. The maximum absolute atomic E-state index is 6.13. The average molecular weight is 276 g/mol. The molecule has 1 fully saturated rings. The third kappa shape index (κ3) is 2.92. The number of benzene rings is 1. The summed E-state index contributed by atoms with van der Waals surface area (Å²) < 4.78 is 1.88. The molecule has 3 rings (SSSR count). The molecule has 0 unspecified atom stereocenters. The number of halogens is 1. The molecule has 4 heteroatoms. The van der Waals surface area contributed by atoms with Crippen LogP contribution in [0.1, 0.15) is 32.1 Å². The fourth-order valence-electron chi connectivity index (χ4n) is 2.70. The van der Waals surface area contributed by atoms with Crippen LogP contribution < -0.4 is 5.32 Å². The van der Waals surface area contributed by atoms with Crippen LogP contribution >= 0.6 is 11.6 Å². The molecule has 100 valence electrons. The van der Waals surface area contributed by atoms with Crippen LogP contribution in [0.15, 0.2) is 36.7 Å². The highest BCUT2D eigenvalue weighted by atomic mass is 35.5. The number of rotatable bonds is 3. The Balaban J connectivity index is 1.88. The van der Waals surface area contributed by atoms with Crippen molar-refractivity contribution in [1.29, 1.82) is 0 Å². The highest BCUT2D eigenvalue weighted by molar-refractivity contribution is 6.31. The molecular weight excluding hydrogens is 258 g/mol. The number of nitrogens with zero attached hydrogens (tertiary/aromatic N) is 2. The fraction of sp³-hybridized carbons (Fsp3) is 0.400. The van der Waals surface area contributed by atoms with E-state index in [0.717, 1.165) is 16.4 Å². The molecule has 0 radical (unpaired) electrons. The van der Waals surface area contributed by atoms with E-state index in [1.807, 2.05) is 35.1 Å². The second-order valence-electron chi connectivity index (χ2n) is 5.09. The van der Waals surface area contributed by atoms with Gasteiger partial charge in [0.2, 0.25) is 0 Å². The van der Waals surface area contributed by atoms with Crippen LogP contribution in [0.25, 0.3) is 5.69 Å². The first-order valence-corrected chi connectivity index (χ1v) is 7.27. The first-order chi connectivity index (χ1) is 9.33. The van der Waals surface area contributed by atoms with Crippen molar-refractivity contribution in [3.63, 3.8) is 0 Å². The number of hydrogen-bond acceptors (Lipinski definition) is 2. The SMILES string of the molecule is Clc1ccc(-n2cccn2)c(NC2CCCCC2)c1. The van der Waals surface area contributed by atoms with Crippen molar-refractivity contribution in [2.75, 3.05) is 5.32 Å². The molecule has 0 aliphatic heterocycles. The summed E-state index contributed by atoms with van der Waals surface area (Å²) >= 11 is 6.13. The Labute approximate surface area is 118 Å². The summed E-state index contributed by atoms with van der Waals surface area (Å²) in [6, 6.07) is 8.40. The lowest BCUT2D eigenvalue weighted by molar-refractivity contribution is 0.462. The molecule has 1 N–H and O–H groups in total. The standard InChI is InChI=1S/C15H18ClN3/c16-12-7-8-15(19-10-4-9-17-19)14(11-12)18-13-5-2-1-3-6-13/h4,7-11,13,18H,1-3,5-6H2. The third-order valence-electron chi connectivity index (χ3n) is 3.67. The van der Waals surface area contributed by atoms with E-state index in [-0.39, 0.29) is 0 Å². The van der Waals surface area contributed by atoms with Crippen molar-refractivity contribution in [2.24, 2.45) is 0 Å². The van der Waals surface area contributed by atoms with Gasteiger partial charge in [-0.15, -0.1) is 0 Å². The summed E-state index contributed by atoms with van der Waals surface area (Å²) in [4.78, 5) is 0. The van der Waals surface area contributed by atoms with Crippen molar-refractivity contribution in [3.05, 3.63) is 41.7 Å². The van der Waals surface area contributed by atoms with E-state index < -0.39 is 0 Å². The molecule has 1 aromatic heterocycles. The Morgan fingerprint density at radius 2 is 2.05 bits per heavy atom. The summed E-state index contributed by atoms with van der Waals surface area (Å²) in [6.07, 6.45) is 10.2. The highest BCUT2D eigenvalue weighted by Gasteiger charge is 2.15. The van der Waals surface area contributed by atoms with Gasteiger partial charge in [-0.1, -0.05) is 30.9 Å². The van der Waals surface area contributed by atoms with Gasteiger partial charge in [-0.2, -0.15) is 5.10 Å². The first kappa shape index (κ1) is 12.5. The van der Waals surface area contributed by atoms with Gasteiger partial charge in [-0.05, 0) is 37.1 Å². The van der Waals surface area contributed by atoms with Gasteiger partial charge in [0.25, 0.3) is 0 Å². The second-order valence-corrected chi connectivity index (χ2v) is 5.53. The predicted octanol–water partition coefficient (Wildman–Crippen LogP) is 4.27. The number of aromatic nitrogens is 2. The van der Waals surface area contributed by atoms with Gasteiger partial charge < -0.3 is 5.32 Å². The molecule has 1 aromatic carbocycles. The van der Waals surface area contributed by atoms with E-state index in [9.17, 15) is 0 Å². The Bertz CT molecular complexity index is 530. The van der Waals surface area contributed by atoms with Crippen LogP contribution in [0.3, 0.4) is 0 Å². The fourth-order valence-corrected chi connectivity index (χ4v) is 2.87. The highest BCUT2D eigenvalue weighted by Crippen LogP contribution is 2.28. The maximum atomic E-state index is 6.13. The maximum Gasteiger partial charge on any atom is 0.0877 e. The van der Waals surface area contributed by atoms with E-state index in [2.05, 4.69) is 10.4 Å². The largest absolute Gasteiger partial charge is 0.381 e. The van der Waals surface area contributed by atoms with Crippen molar-refractivity contribution < 1.29 is 0 Å². The third-order valence-corrected chi connectivity index (χ3v) is 3.91. The molecule has 19 heavy (non-hydrogen) atoms. The normalized spacial score (nSPS) is 16.5. The average Bonchev–Trinajstić information content (AvgIpc) is 2.94. The molecule has 1 aliphatic carbocycles. The minimum Gasteiger partial charge on any atom is -0.381 e. The smallest absolute Gasteiger partial charge is 0.0877 e. The van der Waals surface area contributed by atoms with Gasteiger partial charge in [0.1, 0.15) is 0 Å². The van der Waals surface area contributed by atoms with Gasteiger partial charge in [0.15, 0.2) is 0 Å². The predicted molar refractivity (Wildman–Crippen MR) is 79.1 cm³/mol. The van der Waals surface area contributed by atoms with E-state index in [1.54, 1.807) is 6.20 Å². The summed E-state index contributed by atoms with van der Waals surface area (Å²) in [5.41, 5.74) is 2.13. The van der Waals surface area contributed by atoms with E-state index in [4.69, 9.17) is 11.6 Å². The molecule has 0 amide bonds. The van der Waals surface area contributed by atoms with Crippen LogP contribution in [0.2, 0.25) is 5.02 Å². The molecule has 2 aromatic rings. The first-order valence-electron chi connectivity index (χ1n) is 6.89. The number of anilines is 1. The minimum atomic E-state index is 0.557. The lowest BCUT2D eigenvalue weighted by Gasteiger charge is -2.25. The molecule has 0 saturated heterocycles. The second kappa shape index (κ2) is 5.66. The van der Waals surface area contributed by atoms with Crippen LogP contribution in [0.4, 0.5) is 5.69 Å². The van der Waals surface area contributed by atoms with Gasteiger partial charge in [-0.3, -0.25) is 0 Å². The Hall–Kier alpha value is -1.48. The van der Waals surface area contributed by atoms with E-state index >= 15 is 0 Å². The van der Waals surface area contributed by atoms with Gasteiger partial charge >= 0.3 is 0 Å². The number of nitrogens with one attached hydrogen (secondary N) is 1. The van der Waals surface area contributed by atoms with Gasteiger partial charge in [-0.25, -0.2) is 4.68 Å². The molecule has 1 saturated carbocycles. The van der Waals surface area contributed by atoms with Gasteiger partial charge in [0, 0.05) is 23.5 Å². The van der Waals surface area contributed by atoms with Crippen molar-refractivity contribution >= 4 is 17.3 Å². The summed E-state index contributed by atoms with van der Waals surface area (Å²) in [6.45, 7) is 0. The monoisotopic (exact) mass is 275 g/mol. The van der Waals surface area contributed by atoms with Crippen LogP contribution in [0, 0.1) is 0 Å². The molecule has 3 nitrogen and oxygen atoms in total. The Kier molecular flexibility index (Phi) is 3.74.